The number of hydrogen-bond donors (Lipinski definition) is 0. The molecule has 90 valence electrons. The Kier molecular flexibility index (Phi) is 7.95. The van der Waals surface area contributed by atoms with Crippen molar-refractivity contribution in [2.45, 2.75) is 13.0 Å². The Morgan fingerprint density at radius 1 is 1.24 bits per heavy atom. The Hall–Kier alpha value is 0.961. The summed E-state index contributed by atoms with van der Waals surface area (Å²) in [5.41, 5.74) is 0.826. The minimum atomic E-state index is -4.78. The Morgan fingerprint density at radius 2 is 1.71 bits per heavy atom. The average Bonchev–Trinajstić information content (AvgIpc) is 2.15. The summed E-state index contributed by atoms with van der Waals surface area (Å²) in [5, 5.41) is 0.582. The van der Waals surface area contributed by atoms with Crippen molar-refractivity contribution in [3.63, 3.8) is 0 Å². The largest absolute Gasteiger partial charge is 1.00 e. The van der Waals surface area contributed by atoms with Gasteiger partial charge in [-0.3, -0.25) is 0 Å². The summed E-state index contributed by atoms with van der Waals surface area (Å²) >= 11 is 5.71. The van der Waals surface area contributed by atoms with Crippen molar-refractivity contribution in [1.29, 1.82) is 0 Å². The molecule has 1 nitrogen and oxygen atoms in total. The maximum atomic E-state index is 12.2. The van der Waals surface area contributed by atoms with Gasteiger partial charge in [-0.25, -0.2) is 0 Å². The molecular weight excluding hydrogens is 276 g/mol. The quantitative estimate of drug-likeness (QED) is 0.739. The molecule has 17 heavy (non-hydrogen) atoms. The maximum absolute atomic E-state index is 12.2. The van der Waals surface area contributed by atoms with Gasteiger partial charge in [0.25, 0.3) is 0 Å². The molecule has 0 fully saturated rings. The van der Waals surface area contributed by atoms with Crippen molar-refractivity contribution >= 4 is 18.6 Å². The van der Waals surface area contributed by atoms with Crippen LogP contribution in [0.1, 0.15) is 18.5 Å². The van der Waals surface area contributed by atoms with E-state index in [0.717, 1.165) is 5.56 Å². The van der Waals surface area contributed by atoms with Gasteiger partial charge >= 0.3 is 58.4 Å². The van der Waals surface area contributed by atoms with Crippen LogP contribution in [0.25, 0.3) is 0 Å². The molecule has 1 aromatic carbocycles. The summed E-state index contributed by atoms with van der Waals surface area (Å²) in [6.07, 6.45) is -0.857. The van der Waals surface area contributed by atoms with E-state index in [-0.39, 0.29) is 57.4 Å². The van der Waals surface area contributed by atoms with Crippen molar-refractivity contribution in [2.24, 2.45) is 0 Å². The molecule has 0 heterocycles. The first-order chi connectivity index (χ1) is 7.29. The van der Waals surface area contributed by atoms with E-state index in [4.69, 9.17) is 11.6 Å². The van der Waals surface area contributed by atoms with E-state index in [2.05, 4.69) is 0 Å². The van der Waals surface area contributed by atoms with Crippen molar-refractivity contribution < 1.29 is 64.3 Å². The van der Waals surface area contributed by atoms with E-state index in [0.29, 0.717) is 5.02 Å². The summed E-state index contributed by atoms with van der Waals surface area (Å²) in [5.74, 6) is 0. The van der Waals surface area contributed by atoms with Gasteiger partial charge in [0.15, 0.2) is 0 Å². The zero-order valence-corrected chi connectivity index (χ0v) is 14.0. The predicted octanol–water partition coefficient (Wildman–Crippen LogP) is 0.723. The monoisotopic (exact) mass is 289 g/mol. The second kappa shape index (κ2) is 7.53. The van der Waals surface area contributed by atoms with Crippen molar-refractivity contribution in [1.82, 2.24) is 4.90 Å². The van der Waals surface area contributed by atoms with E-state index in [1.165, 1.54) is 11.9 Å². The van der Waals surface area contributed by atoms with Gasteiger partial charge in [-0.2, -0.15) is 0 Å². The molecule has 0 spiro atoms. The van der Waals surface area contributed by atoms with Crippen LogP contribution in [0.5, 0.6) is 0 Å². The van der Waals surface area contributed by atoms with Crippen molar-refractivity contribution in [3.05, 3.63) is 34.9 Å². The first-order valence-electron chi connectivity index (χ1n) is 4.96. The topological polar surface area (TPSA) is 3.24 Å². The Balaban J connectivity index is 0.00000256. The van der Waals surface area contributed by atoms with Crippen LogP contribution >= 0.6 is 11.6 Å². The predicted molar refractivity (Wildman–Crippen MR) is 61.6 cm³/mol. The summed E-state index contributed by atoms with van der Waals surface area (Å²) in [7, 11) is 1.47. The van der Waals surface area contributed by atoms with Crippen LogP contribution in [-0.4, -0.2) is 25.4 Å². The molecule has 0 aliphatic heterocycles. The standard InChI is InChI=1S/C10H13BClF3N.K/c1-8(16(2)7-11(13,14)15)9-3-5-10(12)6-4-9;/h3-6,8H,7H2,1-2H3;/q-1;+1. The molecule has 0 radical (unpaired) electrons. The number of rotatable bonds is 4. The van der Waals surface area contributed by atoms with E-state index < -0.39 is 13.4 Å². The zero-order chi connectivity index (χ0) is 12.3. The smallest absolute Gasteiger partial charge is 0.448 e. The SMILES string of the molecule is CC(c1ccc(Cl)cc1)N(C)C[B-](F)(F)F.[K+]. The molecule has 0 aliphatic rings. The van der Waals surface area contributed by atoms with Crippen LogP contribution in [0.4, 0.5) is 12.9 Å². The first kappa shape index (κ1) is 18.0. The van der Waals surface area contributed by atoms with Gasteiger partial charge in [0.1, 0.15) is 0 Å². The Bertz CT molecular complexity index is 344. The molecule has 7 heteroatoms. The number of benzene rings is 1. The third kappa shape index (κ3) is 6.61. The fourth-order valence-corrected chi connectivity index (χ4v) is 1.61. The number of hydrogen-bond acceptors (Lipinski definition) is 1. The van der Waals surface area contributed by atoms with Gasteiger partial charge in [0.2, 0.25) is 0 Å². The second-order valence-electron chi connectivity index (χ2n) is 3.88. The molecule has 1 unspecified atom stereocenters. The fourth-order valence-electron chi connectivity index (χ4n) is 1.48. The summed E-state index contributed by atoms with van der Waals surface area (Å²) < 4.78 is 36.7. The molecule has 0 aromatic heterocycles. The first-order valence-corrected chi connectivity index (χ1v) is 5.34. The third-order valence-corrected chi connectivity index (χ3v) is 2.76. The average molecular weight is 290 g/mol. The molecule has 0 aliphatic carbocycles. The van der Waals surface area contributed by atoms with Crippen LogP contribution < -0.4 is 51.4 Å². The van der Waals surface area contributed by atoms with Gasteiger partial charge < -0.3 is 17.8 Å². The van der Waals surface area contributed by atoms with Crippen molar-refractivity contribution in [2.75, 3.05) is 13.5 Å². The summed E-state index contributed by atoms with van der Waals surface area (Å²) in [6.45, 7) is -3.04. The van der Waals surface area contributed by atoms with Crippen LogP contribution in [-0.2, 0) is 0 Å². The molecule has 0 saturated heterocycles. The minimum absolute atomic E-state index is 0. The molecular formula is C10H13BClF3KN. The van der Waals surface area contributed by atoms with E-state index in [1.807, 2.05) is 0 Å². The number of halogens is 4. The van der Waals surface area contributed by atoms with E-state index >= 15 is 0 Å². The molecule has 0 saturated carbocycles. The molecule has 1 atom stereocenters. The van der Waals surface area contributed by atoms with Crippen LogP contribution in [0.2, 0.25) is 5.02 Å². The van der Waals surface area contributed by atoms with Gasteiger partial charge in [-0.05, 0) is 38.1 Å². The summed E-state index contributed by atoms with van der Waals surface area (Å²) in [6, 6.07) is 6.57. The second-order valence-corrected chi connectivity index (χ2v) is 4.31. The zero-order valence-electron chi connectivity index (χ0n) is 10.1. The van der Waals surface area contributed by atoms with Crippen molar-refractivity contribution in [3.8, 4) is 0 Å². The van der Waals surface area contributed by atoms with Crippen LogP contribution in [0.3, 0.4) is 0 Å². The van der Waals surface area contributed by atoms with Gasteiger partial charge in [-0.1, -0.05) is 23.7 Å². The number of nitrogens with zero attached hydrogens (tertiary/aromatic N) is 1. The molecule has 0 bridgehead atoms. The molecule has 0 amide bonds. The molecule has 1 rings (SSSR count). The maximum Gasteiger partial charge on any atom is 1.00 e. The van der Waals surface area contributed by atoms with Crippen LogP contribution in [0, 0.1) is 0 Å². The molecule has 0 N–H and O–H groups in total. The third-order valence-electron chi connectivity index (χ3n) is 2.51. The van der Waals surface area contributed by atoms with Gasteiger partial charge in [-0.15, -0.1) is 0 Å². The van der Waals surface area contributed by atoms with E-state index in [9.17, 15) is 12.9 Å². The van der Waals surface area contributed by atoms with Gasteiger partial charge in [0, 0.05) is 11.1 Å². The molecule has 1 aromatic rings. The van der Waals surface area contributed by atoms with Crippen LogP contribution in [0.15, 0.2) is 24.3 Å². The normalized spacial score (nSPS) is 13.4. The Labute approximate surface area is 147 Å². The fraction of sp³-hybridized carbons (Fsp3) is 0.400. The minimum Gasteiger partial charge on any atom is -0.448 e. The Morgan fingerprint density at radius 3 is 2.12 bits per heavy atom. The van der Waals surface area contributed by atoms with E-state index in [1.54, 1.807) is 31.2 Å². The summed E-state index contributed by atoms with van der Waals surface area (Å²) in [4.78, 5) is 1.28. The van der Waals surface area contributed by atoms with Gasteiger partial charge in [0.05, 0.1) is 0 Å².